The van der Waals surface area contributed by atoms with Gasteiger partial charge in [0, 0.05) is 23.5 Å². The molecular weight excluding hydrogens is 280 g/mol. The fourth-order valence-corrected chi connectivity index (χ4v) is 2.55. The van der Waals surface area contributed by atoms with Crippen LogP contribution in [0.25, 0.3) is 10.9 Å². The van der Waals surface area contributed by atoms with Gasteiger partial charge < -0.3 is 19.8 Å². The first-order valence-corrected chi connectivity index (χ1v) is 7.26. The molecule has 0 aliphatic rings. The van der Waals surface area contributed by atoms with Crippen LogP contribution < -0.4 is 5.32 Å². The van der Waals surface area contributed by atoms with Gasteiger partial charge in [0.15, 0.2) is 0 Å². The van der Waals surface area contributed by atoms with E-state index in [1.54, 1.807) is 12.1 Å². The van der Waals surface area contributed by atoms with Crippen molar-refractivity contribution in [2.75, 3.05) is 6.61 Å². The Hall–Kier alpha value is -2.53. The third-order valence-corrected chi connectivity index (χ3v) is 3.70. The van der Waals surface area contributed by atoms with E-state index in [0.717, 1.165) is 16.5 Å². The molecule has 2 heterocycles. The molecule has 0 bridgehead atoms. The Balaban J connectivity index is 1.60. The van der Waals surface area contributed by atoms with Crippen LogP contribution in [-0.4, -0.2) is 22.6 Å². The van der Waals surface area contributed by atoms with Crippen LogP contribution in [0.5, 0.6) is 0 Å². The second kappa shape index (κ2) is 6.49. The molecule has 0 aliphatic heterocycles. The summed E-state index contributed by atoms with van der Waals surface area (Å²) in [6.45, 7) is -0.188. The van der Waals surface area contributed by atoms with Gasteiger partial charge in [-0.3, -0.25) is 4.79 Å². The zero-order chi connectivity index (χ0) is 15.4. The molecule has 22 heavy (non-hydrogen) atoms. The number of hydrogen-bond donors (Lipinski definition) is 3. The van der Waals surface area contributed by atoms with Crippen molar-refractivity contribution < 1.29 is 14.3 Å². The Labute approximate surface area is 128 Å². The van der Waals surface area contributed by atoms with E-state index >= 15 is 0 Å². The summed E-state index contributed by atoms with van der Waals surface area (Å²) in [5.74, 6) is 0.448. The number of amides is 1. The number of aromatic amines is 1. The molecule has 2 aromatic heterocycles. The third kappa shape index (κ3) is 3.04. The number of aryl methyl sites for hydroxylation is 1. The highest BCUT2D eigenvalue weighted by Crippen LogP contribution is 2.19. The second-order valence-corrected chi connectivity index (χ2v) is 5.18. The largest absolute Gasteiger partial charge is 0.467 e. The molecule has 0 aliphatic carbocycles. The minimum atomic E-state index is -0.495. The van der Waals surface area contributed by atoms with Crippen LogP contribution >= 0.6 is 0 Å². The van der Waals surface area contributed by atoms with Gasteiger partial charge in [0.2, 0.25) is 5.91 Å². The van der Waals surface area contributed by atoms with E-state index in [0.29, 0.717) is 18.6 Å². The summed E-state index contributed by atoms with van der Waals surface area (Å²) < 4.78 is 5.22. The zero-order valence-corrected chi connectivity index (χ0v) is 12.1. The van der Waals surface area contributed by atoms with Crippen molar-refractivity contribution in [3.8, 4) is 0 Å². The Kier molecular flexibility index (Phi) is 4.25. The van der Waals surface area contributed by atoms with Crippen molar-refractivity contribution in [2.24, 2.45) is 0 Å². The normalized spacial score (nSPS) is 12.4. The highest BCUT2D eigenvalue weighted by atomic mass is 16.3. The molecule has 0 saturated carbocycles. The Morgan fingerprint density at radius 2 is 2.14 bits per heavy atom. The maximum Gasteiger partial charge on any atom is 0.220 e. The van der Waals surface area contributed by atoms with Crippen LogP contribution in [-0.2, 0) is 11.2 Å². The molecule has 0 fully saturated rings. The van der Waals surface area contributed by atoms with E-state index in [1.165, 1.54) is 6.26 Å². The first-order chi connectivity index (χ1) is 10.8. The quantitative estimate of drug-likeness (QED) is 0.654. The molecule has 0 saturated heterocycles. The van der Waals surface area contributed by atoms with Gasteiger partial charge in [0.05, 0.1) is 12.9 Å². The number of carbonyl (C=O) groups is 1. The summed E-state index contributed by atoms with van der Waals surface area (Å²) in [5.41, 5.74) is 2.19. The molecule has 5 nitrogen and oxygen atoms in total. The number of aliphatic hydroxyl groups excluding tert-OH is 1. The first kappa shape index (κ1) is 14.4. The highest BCUT2D eigenvalue weighted by Gasteiger charge is 2.16. The van der Waals surface area contributed by atoms with E-state index in [9.17, 15) is 9.90 Å². The van der Waals surface area contributed by atoms with Gasteiger partial charge in [-0.25, -0.2) is 0 Å². The van der Waals surface area contributed by atoms with Gasteiger partial charge in [0.25, 0.3) is 0 Å². The van der Waals surface area contributed by atoms with E-state index in [-0.39, 0.29) is 12.5 Å². The van der Waals surface area contributed by atoms with Crippen LogP contribution in [0.3, 0.4) is 0 Å². The number of hydrogen-bond acceptors (Lipinski definition) is 3. The third-order valence-electron chi connectivity index (χ3n) is 3.70. The van der Waals surface area contributed by atoms with Gasteiger partial charge in [0.1, 0.15) is 11.8 Å². The second-order valence-electron chi connectivity index (χ2n) is 5.18. The average molecular weight is 298 g/mol. The fourth-order valence-electron chi connectivity index (χ4n) is 2.55. The molecule has 0 radical (unpaired) electrons. The number of furan rings is 1. The van der Waals surface area contributed by atoms with Gasteiger partial charge >= 0.3 is 0 Å². The Bertz CT molecular complexity index is 746. The lowest BCUT2D eigenvalue weighted by Crippen LogP contribution is -2.30. The monoisotopic (exact) mass is 298 g/mol. The van der Waals surface area contributed by atoms with Crippen molar-refractivity contribution in [1.29, 1.82) is 0 Å². The minimum Gasteiger partial charge on any atom is -0.467 e. The first-order valence-electron chi connectivity index (χ1n) is 7.26. The number of benzene rings is 1. The summed E-state index contributed by atoms with van der Waals surface area (Å²) in [7, 11) is 0. The Morgan fingerprint density at radius 3 is 2.91 bits per heavy atom. The van der Waals surface area contributed by atoms with Crippen LogP contribution in [0.2, 0.25) is 0 Å². The number of rotatable bonds is 6. The predicted molar refractivity (Wildman–Crippen MR) is 83.3 cm³/mol. The number of aliphatic hydroxyl groups is 1. The zero-order valence-electron chi connectivity index (χ0n) is 12.1. The number of nitrogens with one attached hydrogen (secondary N) is 2. The summed E-state index contributed by atoms with van der Waals surface area (Å²) in [6, 6.07) is 11.0. The smallest absolute Gasteiger partial charge is 0.220 e. The van der Waals surface area contributed by atoms with Crippen molar-refractivity contribution in [2.45, 2.75) is 18.9 Å². The van der Waals surface area contributed by atoms with E-state index in [1.807, 2.05) is 30.5 Å². The van der Waals surface area contributed by atoms with Crippen LogP contribution in [0.4, 0.5) is 0 Å². The number of fused-ring (bicyclic) bond motifs is 1. The van der Waals surface area contributed by atoms with Gasteiger partial charge in [-0.05, 0) is 30.2 Å². The van der Waals surface area contributed by atoms with Crippen molar-refractivity contribution >= 4 is 16.8 Å². The molecule has 3 N–H and O–H groups in total. The molecule has 114 valence electrons. The van der Waals surface area contributed by atoms with Crippen molar-refractivity contribution in [3.63, 3.8) is 0 Å². The maximum absolute atomic E-state index is 12.1. The standard InChI is InChI=1S/C17H18N2O3/c20-11-15(16-6-3-9-22-16)19-17(21)8-7-12-10-18-14-5-2-1-4-13(12)14/h1-6,9-10,15,18,20H,7-8,11H2,(H,19,21). The van der Waals surface area contributed by atoms with Crippen molar-refractivity contribution in [3.05, 3.63) is 60.2 Å². The van der Waals surface area contributed by atoms with E-state index in [4.69, 9.17) is 4.42 Å². The molecule has 3 rings (SSSR count). The number of para-hydroxylation sites is 1. The summed E-state index contributed by atoms with van der Waals surface area (Å²) in [6.07, 6.45) is 4.47. The number of aromatic nitrogens is 1. The topological polar surface area (TPSA) is 78.3 Å². The molecular formula is C17H18N2O3. The van der Waals surface area contributed by atoms with Gasteiger partial charge in [-0.15, -0.1) is 0 Å². The lowest BCUT2D eigenvalue weighted by molar-refractivity contribution is -0.122. The lowest BCUT2D eigenvalue weighted by atomic mass is 10.1. The molecule has 5 heteroatoms. The van der Waals surface area contributed by atoms with Gasteiger partial charge in [-0.2, -0.15) is 0 Å². The van der Waals surface area contributed by atoms with Gasteiger partial charge in [-0.1, -0.05) is 18.2 Å². The molecule has 1 atom stereocenters. The minimum absolute atomic E-state index is 0.110. The van der Waals surface area contributed by atoms with Crippen molar-refractivity contribution in [1.82, 2.24) is 10.3 Å². The molecule has 1 aromatic carbocycles. The highest BCUT2D eigenvalue weighted by molar-refractivity contribution is 5.84. The van der Waals surface area contributed by atoms with E-state index in [2.05, 4.69) is 10.3 Å². The number of carbonyl (C=O) groups excluding carboxylic acids is 1. The fraction of sp³-hybridized carbons (Fsp3) is 0.235. The summed E-state index contributed by atoms with van der Waals surface area (Å²) in [5, 5.41) is 13.3. The maximum atomic E-state index is 12.1. The Morgan fingerprint density at radius 1 is 1.27 bits per heavy atom. The molecule has 1 unspecified atom stereocenters. The summed E-state index contributed by atoms with van der Waals surface area (Å²) in [4.78, 5) is 15.3. The average Bonchev–Trinajstić information content (AvgIpc) is 3.20. The van der Waals surface area contributed by atoms with Crippen LogP contribution in [0.15, 0.2) is 53.3 Å². The van der Waals surface area contributed by atoms with Crippen LogP contribution in [0, 0.1) is 0 Å². The summed E-state index contributed by atoms with van der Waals surface area (Å²) >= 11 is 0. The molecule has 1 amide bonds. The molecule has 3 aromatic rings. The van der Waals surface area contributed by atoms with E-state index < -0.39 is 6.04 Å². The lowest BCUT2D eigenvalue weighted by Gasteiger charge is -2.13. The number of H-pyrrole nitrogens is 1. The van der Waals surface area contributed by atoms with Crippen LogP contribution in [0.1, 0.15) is 23.8 Å². The molecule has 0 spiro atoms. The SMILES string of the molecule is O=C(CCc1c[nH]c2ccccc12)NC(CO)c1ccco1. The predicted octanol–water partition coefficient (Wildman–Crippen LogP) is 2.54.